The quantitative estimate of drug-likeness (QED) is 0.258. The van der Waals surface area contributed by atoms with Crippen molar-refractivity contribution in [2.24, 2.45) is 0 Å². The van der Waals surface area contributed by atoms with Gasteiger partial charge in [0, 0.05) is 17.4 Å². The van der Waals surface area contributed by atoms with E-state index in [4.69, 9.17) is 0 Å². The Hall–Kier alpha value is -3.59. The molecule has 3 aromatic carbocycles. The van der Waals surface area contributed by atoms with E-state index in [0.717, 1.165) is 18.2 Å². The maximum atomic E-state index is 13.7. The van der Waals surface area contributed by atoms with Gasteiger partial charge >= 0.3 is 6.18 Å². The lowest BCUT2D eigenvalue weighted by atomic mass is 10.0. The van der Waals surface area contributed by atoms with Crippen LogP contribution in [0.2, 0.25) is 0 Å². The molecule has 0 fully saturated rings. The van der Waals surface area contributed by atoms with Crippen molar-refractivity contribution in [3.8, 4) is 28.2 Å². The normalized spacial score (nSPS) is 12.3. The van der Waals surface area contributed by atoms with Crippen LogP contribution in [0.4, 0.5) is 26.3 Å². The topological polar surface area (TPSA) is 38.0 Å². The smallest absolute Gasteiger partial charge is 0.384 e. The fourth-order valence-corrected chi connectivity index (χ4v) is 3.52. The van der Waals surface area contributed by atoms with Gasteiger partial charge in [-0.05, 0) is 55.3 Å². The number of halogens is 6. The van der Waals surface area contributed by atoms with Crippen LogP contribution in [0.15, 0.2) is 66.9 Å². The minimum Gasteiger partial charge on any atom is -0.384 e. The van der Waals surface area contributed by atoms with Crippen molar-refractivity contribution < 1.29 is 31.4 Å². The van der Waals surface area contributed by atoms with Gasteiger partial charge in [0.25, 0.3) is 0 Å². The first-order chi connectivity index (χ1) is 15.9. The molecule has 1 N–H and O–H groups in total. The Morgan fingerprint density at radius 3 is 1.97 bits per heavy atom. The summed E-state index contributed by atoms with van der Waals surface area (Å²) in [4.78, 5) is 4.29. The van der Waals surface area contributed by atoms with E-state index in [1.165, 1.54) is 67.1 Å². The van der Waals surface area contributed by atoms with Crippen molar-refractivity contribution in [3.05, 3.63) is 95.6 Å². The van der Waals surface area contributed by atoms with E-state index in [-0.39, 0.29) is 22.6 Å². The van der Waals surface area contributed by atoms with Crippen molar-refractivity contribution in [2.75, 3.05) is 0 Å². The molecule has 0 unspecified atom stereocenters. The van der Waals surface area contributed by atoms with Crippen LogP contribution in [0.25, 0.3) is 28.2 Å². The summed E-state index contributed by atoms with van der Waals surface area (Å²) in [6.07, 6.45) is -3.21. The lowest BCUT2D eigenvalue weighted by molar-refractivity contribution is -0.137. The summed E-state index contributed by atoms with van der Waals surface area (Å²) < 4.78 is 82.9. The molecule has 176 valence electrons. The molecule has 9 heteroatoms. The van der Waals surface area contributed by atoms with Crippen LogP contribution in [0, 0.1) is 17.5 Å². The van der Waals surface area contributed by atoms with Gasteiger partial charge in [-0.3, -0.25) is 4.57 Å². The Bertz CT molecular complexity index is 1330. The zero-order valence-corrected chi connectivity index (χ0v) is 18.0. The van der Waals surface area contributed by atoms with Gasteiger partial charge in [-0.15, -0.1) is 0 Å². The first kappa shape index (κ1) is 23.6. The minimum absolute atomic E-state index is 0.0447. The molecule has 0 saturated carbocycles. The molecule has 1 aromatic heterocycles. The zero-order chi connectivity index (χ0) is 24.8. The van der Waals surface area contributed by atoms with Gasteiger partial charge < -0.3 is 5.11 Å². The largest absolute Gasteiger partial charge is 0.417 e. The molecule has 0 saturated heterocycles. The highest BCUT2D eigenvalue weighted by Gasteiger charge is 2.35. The van der Waals surface area contributed by atoms with Crippen LogP contribution in [0.3, 0.4) is 0 Å². The number of hydrogen-bond acceptors (Lipinski definition) is 2. The van der Waals surface area contributed by atoms with Gasteiger partial charge in [-0.2, -0.15) is 13.2 Å². The number of alkyl halides is 3. The molecule has 0 bridgehead atoms. The van der Waals surface area contributed by atoms with Gasteiger partial charge in [-0.1, -0.05) is 30.3 Å². The molecule has 0 aliphatic carbocycles. The van der Waals surface area contributed by atoms with Gasteiger partial charge in [0.2, 0.25) is 0 Å². The van der Waals surface area contributed by atoms with Crippen LogP contribution < -0.4 is 0 Å². The third kappa shape index (κ3) is 4.43. The number of hydrogen-bond donors (Lipinski definition) is 1. The SMILES string of the molecule is CC(C)(O)c1cn(-c2ccc(-c3cc(F)c(F)c(F)c3)cc2)c(-c2ccccc2C(F)(F)F)n1. The van der Waals surface area contributed by atoms with Gasteiger partial charge in [0.1, 0.15) is 11.4 Å². The molecule has 4 rings (SSSR count). The van der Waals surface area contributed by atoms with E-state index in [1.807, 2.05) is 0 Å². The molecule has 0 atom stereocenters. The first-order valence-corrected chi connectivity index (χ1v) is 10.1. The lowest BCUT2D eigenvalue weighted by Crippen LogP contribution is -2.15. The van der Waals surface area contributed by atoms with Crippen molar-refractivity contribution in [1.29, 1.82) is 0 Å². The van der Waals surface area contributed by atoms with Crippen molar-refractivity contribution in [1.82, 2.24) is 9.55 Å². The van der Waals surface area contributed by atoms with E-state index in [9.17, 15) is 31.4 Å². The number of aromatic nitrogens is 2. The second kappa shape index (κ2) is 8.32. The maximum absolute atomic E-state index is 13.7. The van der Waals surface area contributed by atoms with E-state index in [1.54, 1.807) is 0 Å². The lowest BCUT2D eigenvalue weighted by Gasteiger charge is -2.14. The molecule has 0 spiro atoms. The Labute approximate surface area is 190 Å². The summed E-state index contributed by atoms with van der Waals surface area (Å²) in [6.45, 7) is 2.92. The standard InChI is InChI=1S/C25H18F6N2O/c1-24(2,34)21-13-33(23(32-21)17-5-3-4-6-18(17)25(29,30)31)16-9-7-14(8-10-16)15-11-19(26)22(28)20(27)12-15/h3-13,34H,1-2H3. The third-order valence-corrected chi connectivity index (χ3v) is 5.27. The van der Waals surface area contributed by atoms with E-state index in [0.29, 0.717) is 11.3 Å². The highest BCUT2D eigenvalue weighted by molar-refractivity contribution is 5.68. The molecule has 0 aliphatic rings. The second-order valence-corrected chi connectivity index (χ2v) is 8.22. The van der Waals surface area contributed by atoms with E-state index < -0.39 is 34.8 Å². The monoisotopic (exact) mass is 476 g/mol. The second-order valence-electron chi connectivity index (χ2n) is 8.22. The van der Waals surface area contributed by atoms with Crippen molar-refractivity contribution in [2.45, 2.75) is 25.6 Å². The number of benzene rings is 3. The first-order valence-electron chi connectivity index (χ1n) is 10.1. The van der Waals surface area contributed by atoms with E-state index >= 15 is 0 Å². The van der Waals surface area contributed by atoms with Gasteiger partial charge in [-0.25, -0.2) is 18.2 Å². The Morgan fingerprint density at radius 2 is 1.41 bits per heavy atom. The molecular weight excluding hydrogens is 458 g/mol. The molecule has 1 heterocycles. The number of imidazole rings is 1. The third-order valence-electron chi connectivity index (χ3n) is 5.27. The number of nitrogens with zero attached hydrogens (tertiary/aromatic N) is 2. The fraction of sp³-hybridized carbons (Fsp3) is 0.160. The predicted octanol–water partition coefficient (Wildman–Crippen LogP) is 6.87. The minimum atomic E-state index is -4.64. The van der Waals surface area contributed by atoms with Crippen LogP contribution in [0.1, 0.15) is 25.1 Å². The van der Waals surface area contributed by atoms with Crippen LogP contribution in [-0.4, -0.2) is 14.7 Å². The molecule has 0 aliphatic heterocycles. The predicted molar refractivity (Wildman–Crippen MR) is 115 cm³/mol. The molecule has 3 nitrogen and oxygen atoms in total. The van der Waals surface area contributed by atoms with Gasteiger partial charge in [0.15, 0.2) is 17.5 Å². The summed E-state index contributed by atoms with van der Waals surface area (Å²) >= 11 is 0. The fourth-order valence-electron chi connectivity index (χ4n) is 3.52. The molecular formula is C25H18F6N2O. The van der Waals surface area contributed by atoms with E-state index in [2.05, 4.69) is 4.98 Å². The summed E-state index contributed by atoms with van der Waals surface area (Å²) in [7, 11) is 0. The Balaban J connectivity index is 1.85. The van der Waals surface area contributed by atoms with Crippen molar-refractivity contribution in [3.63, 3.8) is 0 Å². The Kier molecular flexibility index (Phi) is 5.77. The average Bonchev–Trinajstić information content (AvgIpc) is 3.23. The summed E-state index contributed by atoms with van der Waals surface area (Å²) in [5.41, 5.74) is -1.52. The van der Waals surface area contributed by atoms with Crippen LogP contribution in [0.5, 0.6) is 0 Å². The maximum Gasteiger partial charge on any atom is 0.417 e. The van der Waals surface area contributed by atoms with Crippen LogP contribution >= 0.6 is 0 Å². The number of rotatable bonds is 4. The summed E-state index contributed by atoms with van der Waals surface area (Å²) in [5.74, 6) is -4.30. The molecule has 4 aromatic rings. The Morgan fingerprint density at radius 1 is 0.824 bits per heavy atom. The number of aliphatic hydroxyl groups is 1. The highest BCUT2D eigenvalue weighted by Crippen LogP contribution is 2.38. The zero-order valence-electron chi connectivity index (χ0n) is 18.0. The summed E-state index contributed by atoms with van der Waals surface area (Å²) in [6, 6.07) is 12.7. The van der Waals surface area contributed by atoms with Gasteiger partial charge in [0.05, 0.1) is 11.3 Å². The molecule has 0 radical (unpaired) electrons. The molecule has 0 amide bonds. The van der Waals surface area contributed by atoms with Crippen LogP contribution in [-0.2, 0) is 11.8 Å². The van der Waals surface area contributed by atoms with Crippen molar-refractivity contribution >= 4 is 0 Å². The average molecular weight is 476 g/mol. The molecule has 34 heavy (non-hydrogen) atoms. The summed E-state index contributed by atoms with van der Waals surface area (Å²) in [5, 5.41) is 10.4. The highest BCUT2D eigenvalue weighted by atomic mass is 19.4.